The first-order valence-electron chi connectivity index (χ1n) is 8.76. The van der Waals surface area contributed by atoms with Gasteiger partial charge in [-0.15, -0.1) is 11.8 Å². The predicted molar refractivity (Wildman–Crippen MR) is 121 cm³/mol. The van der Waals surface area contributed by atoms with E-state index in [1.165, 1.54) is 11.8 Å². The second-order valence-electron chi connectivity index (χ2n) is 6.29. The van der Waals surface area contributed by atoms with Crippen LogP contribution in [0.5, 0.6) is 0 Å². The molecular formula is C22H18Cl2N2O2S. The lowest BCUT2D eigenvalue weighted by Crippen LogP contribution is -2.14. The van der Waals surface area contributed by atoms with E-state index < -0.39 is 0 Å². The number of thioether (sulfide) groups is 1. The fourth-order valence-electron chi connectivity index (χ4n) is 2.51. The predicted octanol–water partition coefficient (Wildman–Crippen LogP) is 6.28. The molecule has 0 heterocycles. The van der Waals surface area contributed by atoms with Crippen LogP contribution in [-0.2, 0) is 4.79 Å². The number of hydrogen-bond donors (Lipinski definition) is 2. The molecule has 0 bridgehead atoms. The molecule has 29 heavy (non-hydrogen) atoms. The molecule has 0 atom stereocenters. The van der Waals surface area contributed by atoms with Crippen molar-refractivity contribution in [3.8, 4) is 0 Å². The van der Waals surface area contributed by atoms with Crippen LogP contribution in [0, 0.1) is 6.92 Å². The van der Waals surface area contributed by atoms with Gasteiger partial charge in [-0.3, -0.25) is 9.59 Å². The van der Waals surface area contributed by atoms with Crippen molar-refractivity contribution >= 4 is 58.2 Å². The van der Waals surface area contributed by atoms with E-state index >= 15 is 0 Å². The molecule has 0 aliphatic heterocycles. The Bertz CT molecular complexity index is 1060. The number of amides is 2. The van der Waals surface area contributed by atoms with E-state index in [9.17, 15) is 9.59 Å². The van der Waals surface area contributed by atoms with E-state index in [0.717, 1.165) is 10.5 Å². The number of nitrogens with one attached hydrogen (secondary N) is 2. The molecule has 3 rings (SSSR count). The van der Waals surface area contributed by atoms with Gasteiger partial charge in [0.05, 0.1) is 5.75 Å². The lowest BCUT2D eigenvalue weighted by atomic mass is 10.2. The van der Waals surface area contributed by atoms with E-state index in [1.807, 2.05) is 37.3 Å². The van der Waals surface area contributed by atoms with Crippen molar-refractivity contribution in [3.63, 3.8) is 0 Å². The molecule has 0 unspecified atom stereocenters. The van der Waals surface area contributed by atoms with Gasteiger partial charge in [0.15, 0.2) is 0 Å². The highest BCUT2D eigenvalue weighted by molar-refractivity contribution is 8.00. The molecule has 3 aromatic carbocycles. The summed E-state index contributed by atoms with van der Waals surface area (Å²) in [4.78, 5) is 25.4. The van der Waals surface area contributed by atoms with Crippen molar-refractivity contribution in [3.05, 3.63) is 87.9 Å². The maximum absolute atomic E-state index is 12.3. The highest BCUT2D eigenvalue weighted by Crippen LogP contribution is 2.24. The largest absolute Gasteiger partial charge is 0.325 e. The quantitative estimate of drug-likeness (QED) is 0.439. The van der Waals surface area contributed by atoms with Crippen molar-refractivity contribution in [1.29, 1.82) is 0 Å². The number of rotatable bonds is 6. The van der Waals surface area contributed by atoms with Crippen molar-refractivity contribution in [2.75, 3.05) is 16.4 Å². The number of benzene rings is 3. The zero-order valence-corrected chi connectivity index (χ0v) is 17.9. The highest BCUT2D eigenvalue weighted by atomic mass is 35.5. The molecule has 148 valence electrons. The van der Waals surface area contributed by atoms with Crippen molar-refractivity contribution < 1.29 is 9.59 Å². The summed E-state index contributed by atoms with van der Waals surface area (Å²) < 4.78 is 0. The van der Waals surface area contributed by atoms with Gasteiger partial charge < -0.3 is 10.6 Å². The second-order valence-corrected chi connectivity index (χ2v) is 8.19. The summed E-state index contributed by atoms with van der Waals surface area (Å²) in [7, 11) is 0. The molecule has 7 heteroatoms. The summed E-state index contributed by atoms with van der Waals surface area (Å²) in [6.07, 6.45) is 0. The summed E-state index contributed by atoms with van der Waals surface area (Å²) in [5, 5.41) is 6.78. The van der Waals surface area contributed by atoms with Gasteiger partial charge >= 0.3 is 0 Å². The molecule has 0 radical (unpaired) electrons. The van der Waals surface area contributed by atoms with Crippen LogP contribution in [0.4, 0.5) is 11.4 Å². The molecule has 2 amide bonds. The Morgan fingerprint density at radius 3 is 2.41 bits per heavy atom. The van der Waals surface area contributed by atoms with Gasteiger partial charge in [0.25, 0.3) is 5.91 Å². The van der Waals surface area contributed by atoms with Crippen molar-refractivity contribution in [2.24, 2.45) is 0 Å². The number of carbonyl (C=O) groups excluding carboxylic acids is 2. The molecule has 0 aliphatic rings. The minimum absolute atomic E-state index is 0.136. The van der Waals surface area contributed by atoms with Crippen LogP contribution >= 0.6 is 35.0 Å². The molecule has 4 nitrogen and oxygen atoms in total. The molecular weight excluding hydrogens is 427 g/mol. The van der Waals surface area contributed by atoms with Gasteiger partial charge in [0.2, 0.25) is 5.91 Å². The first-order valence-corrected chi connectivity index (χ1v) is 10.5. The third kappa shape index (κ3) is 6.26. The molecule has 0 spiro atoms. The summed E-state index contributed by atoms with van der Waals surface area (Å²) in [6, 6.07) is 19.5. The highest BCUT2D eigenvalue weighted by Gasteiger charge is 2.09. The van der Waals surface area contributed by atoms with Crippen LogP contribution in [-0.4, -0.2) is 17.6 Å². The van der Waals surface area contributed by atoms with Crippen LogP contribution in [0.25, 0.3) is 0 Å². The SMILES string of the molecule is Cc1ccc(NC(=O)CSc2cccc(NC(=O)c3cccc(Cl)c3)c2)cc1Cl. The molecule has 0 aromatic heterocycles. The topological polar surface area (TPSA) is 58.2 Å². The van der Waals surface area contributed by atoms with Crippen LogP contribution in [0.2, 0.25) is 10.0 Å². The van der Waals surface area contributed by atoms with Gasteiger partial charge in [-0.2, -0.15) is 0 Å². The van der Waals surface area contributed by atoms with Crippen LogP contribution < -0.4 is 10.6 Å². The number of carbonyl (C=O) groups is 2. The second kappa shape index (κ2) is 9.83. The first kappa shape index (κ1) is 21.2. The first-order chi connectivity index (χ1) is 13.9. The maximum atomic E-state index is 12.3. The summed E-state index contributed by atoms with van der Waals surface area (Å²) in [6.45, 7) is 1.90. The van der Waals surface area contributed by atoms with Gasteiger partial charge in [0, 0.05) is 31.9 Å². The van der Waals surface area contributed by atoms with Gasteiger partial charge in [0.1, 0.15) is 0 Å². The lowest BCUT2D eigenvalue weighted by molar-refractivity contribution is -0.113. The average Bonchev–Trinajstić information content (AvgIpc) is 2.69. The third-order valence-electron chi connectivity index (χ3n) is 4.00. The standard InChI is InChI=1S/C22H18Cl2N2O2S/c1-14-8-9-18(12-20(14)24)25-21(27)13-29-19-7-3-6-17(11-19)26-22(28)15-4-2-5-16(23)10-15/h2-12H,13H2,1H3,(H,25,27)(H,26,28). The van der Waals surface area contributed by atoms with Crippen LogP contribution in [0.1, 0.15) is 15.9 Å². The summed E-state index contributed by atoms with van der Waals surface area (Å²) in [5.41, 5.74) is 2.74. The van der Waals surface area contributed by atoms with Crippen LogP contribution in [0.15, 0.2) is 71.6 Å². The van der Waals surface area contributed by atoms with E-state index in [4.69, 9.17) is 23.2 Å². The normalized spacial score (nSPS) is 10.4. The molecule has 0 saturated carbocycles. The molecule has 3 aromatic rings. The zero-order valence-electron chi connectivity index (χ0n) is 15.5. The van der Waals surface area contributed by atoms with E-state index in [2.05, 4.69) is 10.6 Å². The Labute approximate surface area is 183 Å². The van der Waals surface area contributed by atoms with Gasteiger partial charge in [-0.25, -0.2) is 0 Å². The summed E-state index contributed by atoms with van der Waals surface area (Å²) in [5.74, 6) is -0.149. The average molecular weight is 445 g/mol. The Balaban J connectivity index is 1.57. The molecule has 0 fully saturated rings. The van der Waals surface area contributed by atoms with Gasteiger partial charge in [-0.05, 0) is 61.0 Å². The zero-order chi connectivity index (χ0) is 20.8. The van der Waals surface area contributed by atoms with Gasteiger partial charge in [-0.1, -0.05) is 41.4 Å². The van der Waals surface area contributed by atoms with E-state index in [1.54, 1.807) is 36.4 Å². The van der Waals surface area contributed by atoms with Crippen molar-refractivity contribution in [1.82, 2.24) is 0 Å². The Morgan fingerprint density at radius 1 is 0.897 bits per heavy atom. The Kier molecular flexibility index (Phi) is 7.20. The molecule has 2 N–H and O–H groups in total. The smallest absolute Gasteiger partial charge is 0.255 e. The van der Waals surface area contributed by atoms with Crippen LogP contribution in [0.3, 0.4) is 0 Å². The van der Waals surface area contributed by atoms with Crippen molar-refractivity contribution in [2.45, 2.75) is 11.8 Å². The number of aryl methyl sites for hydroxylation is 1. The fraction of sp³-hybridized carbons (Fsp3) is 0.0909. The fourth-order valence-corrected chi connectivity index (χ4v) is 3.64. The number of anilines is 2. The molecule has 0 aliphatic carbocycles. The maximum Gasteiger partial charge on any atom is 0.255 e. The number of halogens is 2. The van der Waals surface area contributed by atoms with E-state index in [-0.39, 0.29) is 17.6 Å². The minimum atomic E-state index is -0.247. The monoisotopic (exact) mass is 444 g/mol. The summed E-state index contributed by atoms with van der Waals surface area (Å²) >= 11 is 13.4. The third-order valence-corrected chi connectivity index (χ3v) is 5.64. The number of hydrogen-bond acceptors (Lipinski definition) is 3. The Hall–Kier alpha value is -2.47. The Morgan fingerprint density at radius 2 is 1.66 bits per heavy atom. The van der Waals surface area contributed by atoms with E-state index in [0.29, 0.717) is 27.0 Å². The lowest BCUT2D eigenvalue weighted by Gasteiger charge is -2.09. The molecule has 0 saturated heterocycles. The minimum Gasteiger partial charge on any atom is -0.325 e.